The van der Waals surface area contributed by atoms with Crippen LogP contribution >= 0.6 is 0 Å². The van der Waals surface area contributed by atoms with E-state index in [1.807, 2.05) is 0 Å². The molecule has 0 aromatic rings. The van der Waals surface area contributed by atoms with Gasteiger partial charge in [-0.1, -0.05) is 0 Å². The lowest BCUT2D eigenvalue weighted by atomic mass is 10.1. The van der Waals surface area contributed by atoms with Gasteiger partial charge in [0.15, 0.2) is 0 Å². The second-order valence-electron chi connectivity index (χ2n) is 4.12. The highest BCUT2D eigenvalue weighted by Crippen LogP contribution is 2.21. The molecule has 0 aromatic carbocycles. The normalized spacial score (nSPS) is 21.6. The van der Waals surface area contributed by atoms with Gasteiger partial charge in [-0.3, -0.25) is 4.79 Å². The number of aliphatic hydroxyl groups is 1. The zero-order chi connectivity index (χ0) is 12.9. The van der Waals surface area contributed by atoms with E-state index >= 15 is 0 Å². The van der Waals surface area contributed by atoms with E-state index < -0.39 is 12.1 Å². The van der Waals surface area contributed by atoms with E-state index in [-0.39, 0.29) is 25.7 Å². The maximum absolute atomic E-state index is 12.2. The van der Waals surface area contributed by atoms with Gasteiger partial charge >= 0.3 is 12.1 Å². The number of hydrogen-bond donors (Lipinski definition) is 2. The van der Waals surface area contributed by atoms with Crippen LogP contribution in [0, 0.1) is 0 Å². The Labute approximate surface area is 97.8 Å². The second-order valence-corrected chi connectivity index (χ2v) is 4.12. The van der Waals surface area contributed by atoms with E-state index in [1.54, 1.807) is 0 Å². The van der Waals surface area contributed by atoms with Crippen molar-refractivity contribution in [3.8, 4) is 0 Å². The van der Waals surface area contributed by atoms with Crippen molar-refractivity contribution in [1.29, 1.82) is 0 Å². The van der Waals surface area contributed by atoms with Crippen molar-refractivity contribution in [2.75, 3.05) is 26.2 Å². The lowest BCUT2D eigenvalue weighted by molar-refractivity contribution is -0.186. The van der Waals surface area contributed by atoms with E-state index in [0.717, 1.165) is 11.3 Å². The second kappa shape index (κ2) is 6.20. The van der Waals surface area contributed by atoms with Gasteiger partial charge < -0.3 is 15.3 Å². The van der Waals surface area contributed by atoms with Crippen LogP contribution in [-0.2, 0) is 4.79 Å². The Kier molecular flexibility index (Phi) is 5.20. The standard InChI is InChI=1S/C10H17F3N2O2/c11-10(12,13)9(17)15-5-1-3-8(7-15)14-4-2-6-16/h8,14,16H,1-7H2. The molecule has 1 unspecified atom stereocenters. The summed E-state index contributed by atoms with van der Waals surface area (Å²) in [5, 5.41) is 11.6. The first-order valence-corrected chi connectivity index (χ1v) is 5.65. The fourth-order valence-corrected chi connectivity index (χ4v) is 1.89. The Hall–Kier alpha value is -0.820. The minimum Gasteiger partial charge on any atom is -0.396 e. The van der Waals surface area contributed by atoms with Gasteiger partial charge in [0.05, 0.1) is 0 Å². The molecular weight excluding hydrogens is 237 g/mol. The van der Waals surface area contributed by atoms with Crippen molar-refractivity contribution >= 4 is 5.91 Å². The van der Waals surface area contributed by atoms with E-state index in [4.69, 9.17) is 5.11 Å². The fraction of sp³-hybridized carbons (Fsp3) is 0.900. The first-order valence-electron chi connectivity index (χ1n) is 5.65. The molecule has 0 aromatic heterocycles. The van der Waals surface area contributed by atoms with Crippen LogP contribution in [0.5, 0.6) is 0 Å². The lowest BCUT2D eigenvalue weighted by Crippen LogP contribution is -2.51. The van der Waals surface area contributed by atoms with Crippen LogP contribution in [0.2, 0.25) is 0 Å². The summed E-state index contributed by atoms with van der Waals surface area (Å²) in [5.74, 6) is -1.76. The van der Waals surface area contributed by atoms with Crippen LogP contribution in [0.3, 0.4) is 0 Å². The van der Waals surface area contributed by atoms with Crippen LogP contribution in [0.25, 0.3) is 0 Å². The monoisotopic (exact) mass is 254 g/mol. The van der Waals surface area contributed by atoms with E-state index in [9.17, 15) is 18.0 Å². The third-order valence-corrected chi connectivity index (χ3v) is 2.72. The number of carbonyl (C=O) groups excluding carboxylic acids is 1. The van der Waals surface area contributed by atoms with Crippen LogP contribution in [0.1, 0.15) is 19.3 Å². The zero-order valence-corrected chi connectivity index (χ0v) is 9.46. The number of piperidine rings is 1. The number of aliphatic hydroxyl groups excluding tert-OH is 1. The quantitative estimate of drug-likeness (QED) is 0.719. The Balaban J connectivity index is 2.41. The minimum absolute atomic E-state index is 0.0465. The third kappa shape index (κ3) is 4.51. The number of nitrogens with zero attached hydrogens (tertiary/aromatic N) is 1. The first kappa shape index (κ1) is 14.2. The highest BCUT2D eigenvalue weighted by Gasteiger charge is 2.43. The van der Waals surface area contributed by atoms with Crippen molar-refractivity contribution in [2.45, 2.75) is 31.5 Å². The van der Waals surface area contributed by atoms with E-state index in [1.165, 1.54) is 0 Å². The van der Waals surface area contributed by atoms with Gasteiger partial charge in [0, 0.05) is 25.7 Å². The SMILES string of the molecule is O=C(N1CCCC(NCCCO)C1)C(F)(F)F. The molecule has 1 saturated heterocycles. The predicted molar refractivity (Wildman–Crippen MR) is 55.4 cm³/mol. The number of alkyl halides is 3. The molecule has 0 spiro atoms. The summed E-state index contributed by atoms with van der Waals surface area (Å²) in [6.45, 7) is 0.848. The first-order chi connectivity index (χ1) is 7.95. The summed E-state index contributed by atoms with van der Waals surface area (Å²) < 4.78 is 36.7. The van der Waals surface area contributed by atoms with Gasteiger partial charge in [-0.25, -0.2) is 0 Å². The number of rotatable bonds is 4. The molecule has 17 heavy (non-hydrogen) atoms. The number of halogens is 3. The molecule has 2 N–H and O–H groups in total. The third-order valence-electron chi connectivity index (χ3n) is 2.72. The van der Waals surface area contributed by atoms with Gasteiger partial charge in [0.25, 0.3) is 0 Å². The molecule has 0 saturated carbocycles. The largest absolute Gasteiger partial charge is 0.471 e. The van der Waals surface area contributed by atoms with Crippen LogP contribution < -0.4 is 5.32 Å². The summed E-state index contributed by atoms with van der Waals surface area (Å²) >= 11 is 0. The van der Waals surface area contributed by atoms with Crippen molar-refractivity contribution in [1.82, 2.24) is 10.2 Å². The average Bonchev–Trinajstić information content (AvgIpc) is 2.28. The molecule has 0 aliphatic carbocycles. The van der Waals surface area contributed by atoms with Crippen molar-refractivity contribution < 1.29 is 23.1 Å². The molecule has 1 amide bonds. The molecule has 0 radical (unpaired) electrons. The topological polar surface area (TPSA) is 52.6 Å². The molecule has 4 nitrogen and oxygen atoms in total. The molecule has 1 atom stereocenters. The molecule has 7 heteroatoms. The molecule has 0 bridgehead atoms. The minimum atomic E-state index is -4.78. The van der Waals surface area contributed by atoms with E-state index in [0.29, 0.717) is 19.4 Å². The Morgan fingerprint density at radius 2 is 2.18 bits per heavy atom. The maximum Gasteiger partial charge on any atom is 0.471 e. The zero-order valence-electron chi connectivity index (χ0n) is 9.46. The number of carbonyl (C=O) groups is 1. The number of amides is 1. The summed E-state index contributed by atoms with van der Waals surface area (Å²) in [7, 11) is 0. The molecule has 1 aliphatic heterocycles. The van der Waals surface area contributed by atoms with Crippen LogP contribution in [-0.4, -0.2) is 54.4 Å². The van der Waals surface area contributed by atoms with Crippen molar-refractivity contribution in [3.05, 3.63) is 0 Å². The maximum atomic E-state index is 12.2. The molecule has 1 aliphatic rings. The average molecular weight is 254 g/mol. The van der Waals surface area contributed by atoms with Crippen molar-refractivity contribution in [2.24, 2.45) is 0 Å². The highest BCUT2D eigenvalue weighted by molar-refractivity contribution is 5.82. The Morgan fingerprint density at radius 3 is 2.76 bits per heavy atom. The fourth-order valence-electron chi connectivity index (χ4n) is 1.89. The van der Waals surface area contributed by atoms with Gasteiger partial charge in [-0.2, -0.15) is 13.2 Å². The Bertz CT molecular complexity index is 258. The van der Waals surface area contributed by atoms with E-state index in [2.05, 4.69) is 5.32 Å². The van der Waals surface area contributed by atoms with Gasteiger partial charge in [-0.05, 0) is 25.8 Å². The highest BCUT2D eigenvalue weighted by atomic mass is 19.4. The Morgan fingerprint density at radius 1 is 1.47 bits per heavy atom. The number of likely N-dealkylation sites (tertiary alicyclic amines) is 1. The summed E-state index contributed by atoms with van der Waals surface area (Å²) in [6, 6.07) is -0.110. The molecule has 1 rings (SSSR count). The molecule has 100 valence electrons. The lowest BCUT2D eigenvalue weighted by Gasteiger charge is -2.33. The summed E-state index contributed by atoms with van der Waals surface area (Å²) in [4.78, 5) is 11.9. The number of hydrogen-bond acceptors (Lipinski definition) is 3. The smallest absolute Gasteiger partial charge is 0.396 e. The number of nitrogens with one attached hydrogen (secondary N) is 1. The van der Waals surface area contributed by atoms with Crippen LogP contribution in [0.15, 0.2) is 0 Å². The van der Waals surface area contributed by atoms with Gasteiger partial charge in [0.2, 0.25) is 0 Å². The van der Waals surface area contributed by atoms with Gasteiger partial charge in [0.1, 0.15) is 0 Å². The van der Waals surface area contributed by atoms with Crippen LogP contribution in [0.4, 0.5) is 13.2 Å². The summed E-state index contributed by atoms with van der Waals surface area (Å²) in [5.41, 5.74) is 0. The van der Waals surface area contributed by atoms with Crippen molar-refractivity contribution in [3.63, 3.8) is 0 Å². The molecule has 1 heterocycles. The predicted octanol–water partition coefficient (Wildman–Crippen LogP) is 0.512. The van der Waals surface area contributed by atoms with Gasteiger partial charge in [-0.15, -0.1) is 0 Å². The molecular formula is C10H17F3N2O2. The summed E-state index contributed by atoms with van der Waals surface area (Å²) in [6.07, 6.45) is -2.90. The molecule has 1 fully saturated rings.